The normalized spacial score (nSPS) is 24.5. The van der Waals surface area contributed by atoms with E-state index in [0.717, 1.165) is 6.42 Å². The monoisotopic (exact) mass is 247 g/mol. The average Bonchev–Trinajstić information content (AvgIpc) is 3.00. The summed E-state index contributed by atoms with van der Waals surface area (Å²) in [5.41, 5.74) is 7.66. The quantitative estimate of drug-likeness (QED) is 0.891. The Morgan fingerprint density at radius 2 is 1.89 bits per heavy atom. The molecule has 3 heteroatoms. The van der Waals surface area contributed by atoms with Gasteiger partial charge >= 0.3 is 0 Å². The van der Waals surface area contributed by atoms with E-state index in [9.17, 15) is 0 Å². The Kier molecular flexibility index (Phi) is 3.42. The van der Waals surface area contributed by atoms with Gasteiger partial charge in [0.2, 0.25) is 0 Å². The minimum absolute atomic E-state index is 0.0335. The second-order valence-electron chi connectivity index (χ2n) is 6.33. The first-order valence-corrected chi connectivity index (χ1v) is 7.58. The lowest BCUT2D eigenvalue weighted by Gasteiger charge is -2.23. The highest BCUT2D eigenvalue weighted by molar-refractivity contribution is 5.07. The van der Waals surface area contributed by atoms with Gasteiger partial charge in [0.15, 0.2) is 0 Å². The number of aromatic nitrogens is 2. The number of hydrogen-bond donors (Lipinski definition) is 1. The maximum Gasteiger partial charge on any atom is 0.0643 e. The molecule has 0 aromatic carbocycles. The van der Waals surface area contributed by atoms with Crippen LogP contribution < -0.4 is 5.73 Å². The smallest absolute Gasteiger partial charge is 0.0643 e. The molecule has 2 saturated carbocycles. The van der Waals surface area contributed by atoms with Crippen molar-refractivity contribution in [2.75, 3.05) is 0 Å². The Bertz CT molecular complexity index is 384. The molecular weight excluding hydrogens is 222 g/mol. The standard InChI is InChI=1S/C15H25N3/c16-15(9-4-5-10-15)12-13-8-11-18(17-13)14-6-2-1-3-7-14/h8,11,14H,1-7,9-10,12,16H2. The van der Waals surface area contributed by atoms with Gasteiger partial charge in [-0.05, 0) is 31.7 Å². The lowest BCUT2D eigenvalue weighted by Crippen LogP contribution is -2.38. The van der Waals surface area contributed by atoms with Crippen LogP contribution in [0.3, 0.4) is 0 Å². The van der Waals surface area contributed by atoms with Crippen LogP contribution >= 0.6 is 0 Å². The number of hydrogen-bond acceptors (Lipinski definition) is 2. The first-order valence-electron chi connectivity index (χ1n) is 7.58. The molecule has 1 aromatic heterocycles. The zero-order valence-electron chi connectivity index (χ0n) is 11.3. The first kappa shape index (κ1) is 12.2. The van der Waals surface area contributed by atoms with Crippen LogP contribution in [0.1, 0.15) is 69.5 Å². The van der Waals surface area contributed by atoms with E-state index in [0.29, 0.717) is 6.04 Å². The fraction of sp³-hybridized carbons (Fsp3) is 0.800. The van der Waals surface area contributed by atoms with Crippen molar-refractivity contribution in [3.63, 3.8) is 0 Å². The van der Waals surface area contributed by atoms with Crippen molar-refractivity contribution >= 4 is 0 Å². The van der Waals surface area contributed by atoms with Crippen LogP contribution in [0.25, 0.3) is 0 Å². The molecule has 2 fully saturated rings. The molecule has 1 heterocycles. The van der Waals surface area contributed by atoms with Crippen LogP contribution in [-0.4, -0.2) is 15.3 Å². The molecule has 2 aliphatic carbocycles. The minimum atomic E-state index is 0.0335. The Morgan fingerprint density at radius 3 is 2.61 bits per heavy atom. The minimum Gasteiger partial charge on any atom is -0.325 e. The lowest BCUT2D eigenvalue weighted by atomic mass is 9.93. The van der Waals surface area contributed by atoms with Crippen molar-refractivity contribution in [1.29, 1.82) is 0 Å². The van der Waals surface area contributed by atoms with E-state index in [1.807, 2.05) is 0 Å². The second-order valence-corrected chi connectivity index (χ2v) is 6.33. The summed E-state index contributed by atoms with van der Waals surface area (Å²) in [6.45, 7) is 0. The fourth-order valence-corrected chi connectivity index (χ4v) is 3.64. The Balaban J connectivity index is 1.65. The molecule has 2 aliphatic rings. The van der Waals surface area contributed by atoms with Gasteiger partial charge in [0.05, 0.1) is 11.7 Å². The summed E-state index contributed by atoms with van der Waals surface area (Å²) in [6, 6.07) is 2.83. The Labute approximate surface area is 110 Å². The molecule has 1 aromatic rings. The van der Waals surface area contributed by atoms with Crippen LogP contribution in [0.15, 0.2) is 12.3 Å². The van der Waals surface area contributed by atoms with Gasteiger partial charge < -0.3 is 5.73 Å². The van der Waals surface area contributed by atoms with Crippen molar-refractivity contribution in [3.8, 4) is 0 Å². The Hall–Kier alpha value is -0.830. The molecule has 0 atom stereocenters. The lowest BCUT2D eigenvalue weighted by molar-refractivity contribution is 0.326. The van der Waals surface area contributed by atoms with Gasteiger partial charge in [-0.2, -0.15) is 5.10 Å². The van der Waals surface area contributed by atoms with Gasteiger partial charge in [0.25, 0.3) is 0 Å². The number of nitrogens with two attached hydrogens (primary N) is 1. The van der Waals surface area contributed by atoms with Crippen molar-refractivity contribution in [2.45, 2.75) is 75.8 Å². The zero-order valence-corrected chi connectivity index (χ0v) is 11.3. The highest BCUT2D eigenvalue weighted by Gasteiger charge is 2.30. The largest absolute Gasteiger partial charge is 0.325 e. The molecular formula is C15H25N3. The summed E-state index contributed by atoms with van der Waals surface area (Å²) in [5.74, 6) is 0. The summed E-state index contributed by atoms with van der Waals surface area (Å²) in [7, 11) is 0. The van der Waals surface area contributed by atoms with E-state index in [-0.39, 0.29) is 5.54 Å². The highest BCUT2D eigenvalue weighted by Crippen LogP contribution is 2.31. The molecule has 3 rings (SSSR count). The van der Waals surface area contributed by atoms with E-state index >= 15 is 0 Å². The Morgan fingerprint density at radius 1 is 1.17 bits per heavy atom. The third kappa shape index (κ3) is 2.61. The van der Waals surface area contributed by atoms with E-state index in [2.05, 4.69) is 16.9 Å². The van der Waals surface area contributed by atoms with Crippen LogP contribution in [0.5, 0.6) is 0 Å². The summed E-state index contributed by atoms with van der Waals surface area (Å²) in [4.78, 5) is 0. The predicted molar refractivity (Wildman–Crippen MR) is 73.4 cm³/mol. The van der Waals surface area contributed by atoms with E-state index in [1.54, 1.807) is 0 Å². The molecule has 3 nitrogen and oxygen atoms in total. The van der Waals surface area contributed by atoms with Gasteiger partial charge in [-0.1, -0.05) is 32.1 Å². The van der Waals surface area contributed by atoms with Crippen LogP contribution in [0.2, 0.25) is 0 Å². The number of rotatable bonds is 3. The molecule has 18 heavy (non-hydrogen) atoms. The van der Waals surface area contributed by atoms with Gasteiger partial charge in [-0.25, -0.2) is 0 Å². The molecule has 0 radical (unpaired) electrons. The molecule has 0 spiro atoms. The molecule has 0 unspecified atom stereocenters. The molecule has 0 saturated heterocycles. The van der Waals surface area contributed by atoms with Gasteiger partial charge in [0, 0.05) is 18.2 Å². The maximum atomic E-state index is 6.43. The molecule has 2 N–H and O–H groups in total. The van der Waals surface area contributed by atoms with Crippen LogP contribution in [-0.2, 0) is 6.42 Å². The summed E-state index contributed by atoms with van der Waals surface area (Å²) < 4.78 is 2.20. The van der Waals surface area contributed by atoms with E-state index in [1.165, 1.54) is 63.5 Å². The number of nitrogens with zero attached hydrogens (tertiary/aromatic N) is 2. The van der Waals surface area contributed by atoms with Gasteiger partial charge in [0.1, 0.15) is 0 Å². The first-order chi connectivity index (χ1) is 8.75. The van der Waals surface area contributed by atoms with Crippen molar-refractivity contribution in [3.05, 3.63) is 18.0 Å². The van der Waals surface area contributed by atoms with E-state index in [4.69, 9.17) is 10.8 Å². The summed E-state index contributed by atoms with van der Waals surface area (Å²) in [5, 5.41) is 4.78. The molecule has 100 valence electrons. The van der Waals surface area contributed by atoms with Crippen molar-refractivity contribution in [2.24, 2.45) is 5.73 Å². The van der Waals surface area contributed by atoms with Gasteiger partial charge in [-0.15, -0.1) is 0 Å². The predicted octanol–water partition coefficient (Wildman–Crippen LogP) is 3.20. The molecule has 0 bridgehead atoms. The zero-order chi connectivity index (χ0) is 12.4. The van der Waals surface area contributed by atoms with Crippen LogP contribution in [0.4, 0.5) is 0 Å². The topological polar surface area (TPSA) is 43.8 Å². The van der Waals surface area contributed by atoms with Crippen LogP contribution in [0, 0.1) is 0 Å². The maximum absolute atomic E-state index is 6.43. The second kappa shape index (κ2) is 5.04. The summed E-state index contributed by atoms with van der Waals surface area (Å²) >= 11 is 0. The van der Waals surface area contributed by atoms with E-state index < -0.39 is 0 Å². The third-order valence-electron chi connectivity index (χ3n) is 4.74. The third-order valence-corrected chi connectivity index (χ3v) is 4.74. The SMILES string of the molecule is NC1(Cc2ccn(C3CCCCC3)n2)CCCC1. The van der Waals surface area contributed by atoms with Gasteiger partial charge in [-0.3, -0.25) is 4.68 Å². The molecule has 0 amide bonds. The van der Waals surface area contributed by atoms with Crippen molar-refractivity contribution < 1.29 is 0 Å². The average molecular weight is 247 g/mol. The molecule has 0 aliphatic heterocycles. The fourth-order valence-electron chi connectivity index (χ4n) is 3.64. The van der Waals surface area contributed by atoms with Crippen molar-refractivity contribution in [1.82, 2.24) is 9.78 Å². The summed E-state index contributed by atoms with van der Waals surface area (Å²) in [6.07, 6.45) is 14.8. The highest BCUT2D eigenvalue weighted by atomic mass is 15.3.